The van der Waals surface area contributed by atoms with Crippen molar-refractivity contribution in [1.29, 1.82) is 0 Å². The number of unbranched alkanes of at least 4 members (excludes halogenated alkanes) is 15. The van der Waals surface area contributed by atoms with Gasteiger partial charge in [-0.05, 0) is 96.9 Å². The molecule has 1 saturated heterocycles. The second-order valence-electron chi connectivity index (χ2n) is 13.7. The number of allylic oxidation sites excluding steroid dienone is 10. The normalized spacial score (nSPS) is 16.1. The summed E-state index contributed by atoms with van der Waals surface area (Å²) in [7, 11) is 2.23. The van der Waals surface area contributed by atoms with Crippen molar-refractivity contribution in [1.82, 2.24) is 4.90 Å². The Hall–Kier alpha value is -1.42. The Morgan fingerprint density at radius 3 is 1.46 bits per heavy atom. The highest BCUT2D eigenvalue weighted by Crippen LogP contribution is 2.27. The van der Waals surface area contributed by atoms with Crippen molar-refractivity contribution in [3.05, 3.63) is 60.8 Å². The second kappa shape index (κ2) is 33.5. The van der Waals surface area contributed by atoms with Crippen LogP contribution in [-0.2, 0) is 9.47 Å². The van der Waals surface area contributed by atoms with E-state index >= 15 is 0 Å². The van der Waals surface area contributed by atoms with Crippen LogP contribution in [0, 0.1) is 0 Å². The van der Waals surface area contributed by atoms with Gasteiger partial charge in [0.25, 0.3) is 0 Å². The van der Waals surface area contributed by atoms with Crippen LogP contribution >= 0.6 is 0 Å². The van der Waals surface area contributed by atoms with Crippen LogP contribution in [0.5, 0.6) is 0 Å². The first kappa shape index (κ1) is 42.6. The molecule has 0 radical (unpaired) electrons. The third kappa shape index (κ3) is 27.7. The molecule has 0 N–H and O–H groups in total. The lowest BCUT2D eigenvalue weighted by atomic mass is 9.92. The molecule has 0 aromatic heterocycles. The van der Waals surface area contributed by atoms with Crippen LogP contribution in [0.1, 0.15) is 168 Å². The predicted molar refractivity (Wildman–Crippen MR) is 205 cm³/mol. The van der Waals surface area contributed by atoms with Crippen LogP contribution in [0.4, 0.5) is 0 Å². The Balaban J connectivity index is 2.01. The third-order valence-corrected chi connectivity index (χ3v) is 9.21. The van der Waals surface area contributed by atoms with Gasteiger partial charge in [-0.25, -0.2) is 0 Å². The average Bonchev–Trinajstić information content (AvgIpc) is 3.07. The molecule has 0 atom stereocenters. The van der Waals surface area contributed by atoms with E-state index in [9.17, 15) is 0 Å². The zero-order chi connectivity index (χ0) is 33.1. The highest BCUT2D eigenvalue weighted by Gasteiger charge is 2.34. The fourth-order valence-corrected chi connectivity index (χ4v) is 5.99. The molecule has 1 heterocycles. The quantitative estimate of drug-likeness (QED) is 0.0540. The topological polar surface area (TPSA) is 21.7 Å². The Morgan fingerprint density at radius 1 is 0.500 bits per heavy atom. The SMILES string of the molecule is CC/C=C\C/C=C\C/C=C\CCCCCCCCOC1(COCCCCCCCC/C=C\C/C=C\CCCCC)CCN(C)CC1. The fourth-order valence-electron chi connectivity index (χ4n) is 5.99. The summed E-state index contributed by atoms with van der Waals surface area (Å²) in [5.41, 5.74) is -0.0569. The van der Waals surface area contributed by atoms with Gasteiger partial charge in [0.2, 0.25) is 0 Å². The summed E-state index contributed by atoms with van der Waals surface area (Å²) < 4.78 is 12.8. The second-order valence-corrected chi connectivity index (χ2v) is 13.7. The fraction of sp³-hybridized carbons (Fsp3) is 0.767. The summed E-state index contributed by atoms with van der Waals surface area (Å²) in [6.45, 7) is 9.25. The molecule has 0 amide bonds. The lowest BCUT2D eigenvalue weighted by Gasteiger charge is -2.40. The molecule has 0 aromatic rings. The van der Waals surface area contributed by atoms with Gasteiger partial charge in [0.05, 0.1) is 12.2 Å². The summed E-state index contributed by atoms with van der Waals surface area (Å²) in [6.07, 6.45) is 53.1. The van der Waals surface area contributed by atoms with Gasteiger partial charge in [-0.1, -0.05) is 139 Å². The Morgan fingerprint density at radius 2 is 0.935 bits per heavy atom. The van der Waals surface area contributed by atoms with Crippen molar-refractivity contribution in [2.24, 2.45) is 0 Å². The number of rotatable bonds is 32. The molecule has 1 aliphatic heterocycles. The maximum Gasteiger partial charge on any atom is 0.0939 e. The molecule has 0 aliphatic carbocycles. The van der Waals surface area contributed by atoms with Crippen LogP contribution in [0.25, 0.3) is 0 Å². The molecule has 1 aliphatic rings. The van der Waals surface area contributed by atoms with Gasteiger partial charge in [-0.15, -0.1) is 0 Å². The smallest absolute Gasteiger partial charge is 0.0939 e. The van der Waals surface area contributed by atoms with Crippen molar-refractivity contribution in [2.75, 3.05) is 40.0 Å². The molecular formula is C43H77NO2. The molecule has 0 aromatic carbocycles. The highest BCUT2D eigenvalue weighted by atomic mass is 16.5. The first-order valence-electron chi connectivity index (χ1n) is 19.9. The molecule has 46 heavy (non-hydrogen) atoms. The van der Waals surface area contributed by atoms with Crippen molar-refractivity contribution < 1.29 is 9.47 Å². The third-order valence-electron chi connectivity index (χ3n) is 9.21. The highest BCUT2D eigenvalue weighted by molar-refractivity contribution is 4.97. The lowest BCUT2D eigenvalue weighted by molar-refractivity contribution is -0.125. The van der Waals surface area contributed by atoms with Crippen LogP contribution in [0.15, 0.2) is 60.8 Å². The number of likely N-dealkylation sites (tertiary alicyclic amines) is 1. The molecule has 266 valence electrons. The van der Waals surface area contributed by atoms with E-state index in [-0.39, 0.29) is 5.60 Å². The zero-order valence-corrected chi connectivity index (χ0v) is 31.0. The molecule has 0 unspecified atom stereocenters. The van der Waals surface area contributed by atoms with Crippen molar-refractivity contribution in [2.45, 2.75) is 174 Å². The van der Waals surface area contributed by atoms with E-state index < -0.39 is 0 Å². The van der Waals surface area contributed by atoms with Gasteiger partial charge in [-0.3, -0.25) is 0 Å². The minimum atomic E-state index is -0.0569. The Kier molecular flexibility index (Phi) is 31.0. The molecule has 1 rings (SSSR count). The average molecular weight is 640 g/mol. The molecule has 3 heteroatoms. The number of piperidine rings is 1. The van der Waals surface area contributed by atoms with Crippen molar-refractivity contribution in [3.63, 3.8) is 0 Å². The van der Waals surface area contributed by atoms with Crippen LogP contribution < -0.4 is 0 Å². The molecule has 1 fully saturated rings. The van der Waals surface area contributed by atoms with E-state index in [1.165, 1.54) is 116 Å². The van der Waals surface area contributed by atoms with Gasteiger partial charge in [0, 0.05) is 26.3 Å². The van der Waals surface area contributed by atoms with E-state index in [2.05, 4.69) is 86.6 Å². The minimum Gasteiger partial charge on any atom is -0.378 e. The standard InChI is InChI=1S/C43H77NO2/c1-4-6-8-10-12-14-16-18-20-22-24-26-28-30-32-34-40-45-42-43(36-38-44(3)39-37-43)46-41-35-33-31-29-27-25-23-21-19-17-15-13-11-9-7-5-2/h7,9,12-15,18-21H,4-6,8,10-11,16-17,22-42H2,1-3H3/b9-7-,14-12-,15-13-,20-18-,21-19-. The lowest BCUT2D eigenvalue weighted by Crippen LogP contribution is -2.48. The van der Waals surface area contributed by atoms with E-state index in [1.54, 1.807) is 0 Å². The van der Waals surface area contributed by atoms with Crippen molar-refractivity contribution in [3.8, 4) is 0 Å². The molecule has 0 bridgehead atoms. The molecule has 0 spiro atoms. The first-order valence-corrected chi connectivity index (χ1v) is 19.9. The van der Waals surface area contributed by atoms with Gasteiger partial charge >= 0.3 is 0 Å². The van der Waals surface area contributed by atoms with Gasteiger partial charge in [-0.2, -0.15) is 0 Å². The zero-order valence-electron chi connectivity index (χ0n) is 31.0. The summed E-state index contributed by atoms with van der Waals surface area (Å²) in [6, 6.07) is 0. The van der Waals surface area contributed by atoms with Gasteiger partial charge in [0.1, 0.15) is 0 Å². The summed E-state index contributed by atoms with van der Waals surface area (Å²) in [4.78, 5) is 2.43. The van der Waals surface area contributed by atoms with E-state index in [1.807, 2.05) is 0 Å². The molecular weight excluding hydrogens is 562 g/mol. The first-order chi connectivity index (χ1) is 22.7. The predicted octanol–water partition coefficient (Wildman–Crippen LogP) is 12.9. The van der Waals surface area contributed by atoms with E-state index in [0.29, 0.717) is 0 Å². The largest absolute Gasteiger partial charge is 0.378 e. The maximum atomic E-state index is 6.59. The Labute approximate surface area is 288 Å². The molecule has 3 nitrogen and oxygen atoms in total. The van der Waals surface area contributed by atoms with Crippen LogP contribution in [0.3, 0.4) is 0 Å². The number of nitrogens with zero attached hydrogens (tertiary/aromatic N) is 1. The van der Waals surface area contributed by atoms with Gasteiger partial charge < -0.3 is 14.4 Å². The Bertz CT molecular complexity index is 772. The number of hydrogen-bond donors (Lipinski definition) is 0. The molecule has 0 saturated carbocycles. The van der Waals surface area contributed by atoms with Crippen molar-refractivity contribution >= 4 is 0 Å². The minimum absolute atomic E-state index is 0.0569. The van der Waals surface area contributed by atoms with Crippen LogP contribution in [-0.4, -0.2) is 50.5 Å². The summed E-state index contributed by atoms with van der Waals surface area (Å²) >= 11 is 0. The number of hydrogen-bond acceptors (Lipinski definition) is 3. The summed E-state index contributed by atoms with van der Waals surface area (Å²) in [5.74, 6) is 0. The monoisotopic (exact) mass is 640 g/mol. The maximum absolute atomic E-state index is 6.59. The van der Waals surface area contributed by atoms with Crippen LogP contribution in [0.2, 0.25) is 0 Å². The van der Waals surface area contributed by atoms with E-state index in [0.717, 1.165) is 71.4 Å². The van der Waals surface area contributed by atoms with Gasteiger partial charge in [0.15, 0.2) is 0 Å². The number of ether oxygens (including phenoxy) is 2. The van der Waals surface area contributed by atoms with E-state index in [4.69, 9.17) is 9.47 Å². The summed E-state index contributed by atoms with van der Waals surface area (Å²) in [5, 5.41) is 0.